The molecule has 0 fully saturated rings. The first-order valence-electron chi connectivity index (χ1n) is 13.7. The van der Waals surface area contributed by atoms with E-state index < -0.39 is 22.1 Å². The van der Waals surface area contributed by atoms with Crippen molar-refractivity contribution >= 4 is 16.0 Å². The number of fused-ring (bicyclic) bond motifs is 1. The van der Waals surface area contributed by atoms with Crippen molar-refractivity contribution in [2.75, 3.05) is 20.1 Å². The molecule has 0 saturated heterocycles. The molecule has 0 amide bonds. The average molecular weight is 565 g/mol. The molecule has 7 nitrogen and oxygen atoms in total. The lowest BCUT2D eigenvalue weighted by atomic mass is 9.88. The largest absolute Gasteiger partial charge is 0.481 e. The summed E-state index contributed by atoms with van der Waals surface area (Å²) in [5.41, 5.74) is 5.68. The zero-order valence-electron chi connectivity index (χ0n) is 23.7. The molecule has 0 aliphatic heterocycles. The van der Waals surface area contributed by atoms with Gasteiger partial charge in [-0.25, -0.2) is 8.42 Å². The molecule has 40 heavy (non-hydrogen) atoms. The predicted molar refractivity (Wildman–Crippen MR) is 158 cm³/mol. The number of carboxylic acids is 1. The van der Waals surface area contributed by atoms with Crippen LogP contribution in [0.4, 0.5) is 0 Å². The summed E-state index contributed by atoms with van der Waals surface area (Å²) < 4.78 is 27.9. The van der Waals surface area contributed by atoms with E-state index in [2.05, 4.69) is 43.4 Å². The van der Waals surface area contributed by atoms with Crippen molar-refractivity contribution in [1.29, 1.82) is 0 Å². The Morgan fingerprint density at radius 1 is 1.02 bits per heavy atom. The van der Waals surface area contributed by atoms with Crippen LogP contribution < -0.4 is 5.32 Å². The number of sulfonamides is 1. The molecule has 1 aliphatic carbocycles. The Balaban J connectivity index is 1.33. The van der Waals surface area contributed by atoms with Gasteiger partial charge in [-0.15, -0.1) is 0 Å². The number of carboxylic acid groups (broad SMARTS) is 1. The highest BCUT2D eigenvalue weighted by molar-refractivity contribution is 7.89. The number of carbonyl (C=O) groups is 1. The number of hydrogen-bond acceptors (Lipinski definition) is 5. The molecule has 214 valence electrons. The van der Waals surface area contributed by atoms with Crippen molar-refractivity contribution in [2.45, 2.75) is 63.0 Å². The van der Waals surface area contributed by atoms with Crippen LogP contribution in [-0.4, -0.2) is 60.7 Å². The molecular weight excluding hydrogens is 524 g/mol. The van der Waals surface area contributed by atoms with Crippen LogP contribution in [0.5, 0.6) is 0 Å². The number of β-amino-alcohol motifs (C(OH)–C–C–N with tert-alkyl or cyclic N) is 1. The SMILES string of the molecule is Cc1cc(-c2ccc(CC(=O)O)cc2)ccc1S(=O)(=O)N(C)C[C@H](O)CNC(C)(C)CC1Cc2ccccc2C1. The summed E-state index contributed by atoms with van der Waals surface area (Å²) in [4.78, 5) is 11.1. The lowest BCUT2D eigenvalue weighted by Crippen LogP contribution is -2.47. The standard InChI is InChI=1S/C32H40N2O5S/c1-22-15-28(25-11-9-23(10-12-25)18-31(36)37)13-14-30(22)40(38,39)34(4)21-29(35)20-33-32(2,3)19-24-16-26-7-5-6-8-27(26)17-24/h5-15,24,29,33,35H,16-21H2,1-4H3,(H,36,37)/t29-/m1/s1. The third-order valence-corrected chi connectivity index (χ3v) is 9.71. The number of rotatable bonds is 12. The molecule has 4 rings (SSSR count). The minimum absolute atomic E-state index is 0.0213. The van der Waals surface area contributed by atoms with Gasteiger partial charge in [0.15, 0.2) is 0 Å². The van der Waals surface area contributed by atoms with Crippen LogP contribution in [0.25, 0.3) is 11.1 Å². The van der Waals surface area contributed by atoms with Gasteiger partial charge in [-0.05, 0) is 85.4 Å². The maximum atomic E-state index is 13.4. The third-order valence-electron chi connectivity index (χ3n) is 7.72. The van der Waals surface area contributed by atoms with E-state index in [0.29, 0.717) is 23.6 Å². The molecule has 3 aromatic carbocycles. The molecule has 3 N–H and O–H groups in total. The van der Waals surface area contributed by atoms with E-state index >= 15 is 0 Å². The van der Waals surface area contributed by atoms with Gasteiger partial charge in [0.05, 0.1) is 17.4 Å². The van der Waals surface area contributed by atoms with Gasteiger partial charge in [0, 0.05) is 25.7 Å². The van der Waals surface area contributed by atoms with Crippen LogP contribution in [0.3, 0.4) is 0 Å². The number of aliphatic carboxylic acids is 1. The number of aryl methyl sites for hydroxylation is 1. The number of nitrogens with zero attached hydrogens (tertiary/aromatic N) is 1. The Labute approximate surface area is 237 Å². The highest BCUT2D eigenvalue weighted by Crippen LogP contribution is 2.32. The van der Waals surface area contributed by atoms with Gasteiger partial charge in [-0.3, -0.25) is 4.79 Å². The molecule has 0 heterocycles. The quantitative estimate of drug-likeness (QED) is 0.300. The van der Waals surface area contributed by atoms with Gasteiger partial charge < -0.3 is 15.5 Å². The van der Waals surface area contributed by atoms with Gasteiger partial charge in [0.25, 0.3) is 0 Å². The summed E-state index contributed by atoms with van der Waals surface area (Å²) in [6.07, 6.45) is 2.20. The summed E-state index contributed by atoms with van der Waals surface area (Å²) in [5.74, 6) is -0.337. The fraction of sp³-hybridized carbons (Fsp3) is 0.406. The number of hydrogen-bond donors (Lipinski definition) is 3. The molecule has 0 radical (unpaired) electrons. The molecule has 0 bridgehead atoms. The van der Waals surface area contributed by atoms with Crippen LogP contribution in [0.15, 0.2) is 71.6 Å². The second-order valence-corrected chi connectivity index (χ2v) is 13.7. The summed E-state index contributed by atoms with van der Waals surface area (Å²) in [5, 5.41) is 23.1. The Bertz CT molecular complexity index is 1430. The Kier molecular flexibility index (Phi) is 9.15. The van der Waals surface area contributed by atoms with E-state index in [0.717, 1.165) is 30.4 Å². The smallest absolute Gasteiger partial charge is 0.307 e. The van der Waals surface area contributed by atoms with Crippen LogP contribution >= 0.6 is 0 Å². The Morgan fingerprint density at radius 2 is 1.62 bits per heavy atom. The van der Waals surface area contributed by atoms with Crippen molar-refractivity contribution in [3.8, 4) is 11.1 Å². The highest BCUT2D eigenvalue weighted by Gasteiger charge is 2.29. The molecule has 3 aromatic rings. The summed E-state index contributed by atoms with van der Waals surface area (Å²) in [6.45, 7) is 6.29. The second-order valence-electron chi connectivity index (χ2n) is 11.7. The summed E-state index contributed by atoms with van der Waals surface area (Å²) >= 11 is 0. The molecule has 0 saturated carbocycles. The monoisotopic (exact) mass is 564 g/mol. The second kappa shape index (κ2) is 12.2. The Morgan fingerprint density at radius 3 is 2.20 bits per heavy atom. The number of benzene rings is 3. The van der Waals surface area contributed by atoms with Gasteiger partial charge in [-0.2, -0.15) is 4.31 Å². The number of nitrogens with one attached hydrogen (secondary N) is 1. The first kappa shape index (κ1) is 29.9. The molecule has 0 spiro atoms. The van der Waals surface area contributed by atoms with Crippen LogP contribution in [-0.2, 0) is 34.1 Å². The minimum atomic E-state index is -3.81. The normalized spacial score (nSPS) is 14.8. The van der Waals surface area contributed by atoms with Crippen molar-refractivity contribution in [3.63, 3.8) is 0 Å². The van der Waals surface area contributed by atoms with Crippen molar-refractivity contribution in [1.82, 2.24) is 9.62 Å². The minimum Gasteiger partial charge on any atom is -0.481 e. The van der Waals surface area contributed by atoms with E-state index in [1.807, 2.05) is 18.2 Å². The van der Waals surface area contributed by atoms with Gasteiger partial charge in [0.1, 0.15) is 0 Å². The molecule has 1 aliphatic rings. The first-order chi connectivity index (χ1) is 18.8. The van der Waals surface area contributed by atoms with E-state index in [4.69, 9.17) is 5.11 Å². The van der Waals surface area contributed by atoms with E-state index in [-0.39, 0.29) is 23.4 Å². The van der Waals surface area contributed by atoms with Crippen molar-refractivity contribution < 1.29 is 23.4 Å². The molecule has 0 unspecified atom stereocenters. The fourth-order valence-electron chi connectivity index (χ4n) is 5.72. The first-order valence-corrected chi connectivity index (χ1v) is 15.2. The van der Waals surface area contributed by atoms with E-state index in [1.165, 1.54) is 22.5 Å². The fourth-order valence-corrected chi connectivity index (χ4v) is 7.13. The zero-order valence-corrected chi connectivity index (χ0v) is 24.5. The average Bonchev–Trinajstić information content (AvgIpc) is 3.29. The number of likely N-dealkylation sites (N-methyl/N-ethyl adjacent to an activating group) is 1. The molecular formula is C32H40N2O5S. The van der Waals surface area contributed by atoms with Crippen LogP contribution in [0.2, 0.25) is 0 Å². The highest BCUT2D eigenvalue weighted by atomic mass is 32.2. The topological polar surface area (TPSA) is 107 Å². The van der Waals surface area contributed by atoms with E-state index in [9.17, 15) is 18.3 Å². The lowest BCUT2D eigenvalue weighted by molar-refractivity contribution is -0.136. The van der Waals surface area contributed by atoms with Gasteiger partial charge >= 0.3 is 5.97 Å². The summed E-state index contributed by atoms with van der Waals surface area (Å²) in [7, 11) is -2.31. The predicted octanol–water partition coefficient (Wildman–Crippen LogP) is 4.44. The molecule has 8 heteroatoms. The van der Waals surface area contributed by atoms with Gasteiger partial charge in [-0.1, -0.05) is 60.7 Å². The maximum absolute atomic E-state index is 13.4. The molecule has 1 atom stereocenters. The number of aliphatic hydroxyl groups is 1. The van der Waals surface area contributed by atoms with Gasteiger partial charge in [0.2, 0.25) is 10.0 Å². The summed E-state index contributed by atoms with van der Waals surface area (Å²) in [6, 6.07) is 20.9. The van der Waals surface area contributed by atoms with Crippen LogP contribution in [0.1, 0.15) is 42.5 Å². The number of aliphatic hydroxyl groups excluding tert-OH is 1. The molecule has 0 aromatic heterocycles. The maximum Gasteiger partial charge on any atom is 0.307 e. The lowest BCUT2D eigenvalue weighted by Gasteiger charge is -2.31. The Hall–Kier alpha value is -3.04. The van der Waals surface area contributed by atoms with E-state index in [1.54, 1.807) is 31.2 Å². The van der Waals surface area contributed by atoms with Crippen molar-refractivity contribution in [2.24, 2.45) is 5.92 Å². The third kappa shape index (κ3) is 7.37. The van der Waals surface area contributed by atoms with Crippen molar-refractivity contribution in [3.05, 3.63) is 89.0 Å². The van der Waals surface area contributed by atoms with Crippen LogP contribution in [0, 0.1) is 12.8 Å². The zero-order chi connectivity index (χ0) is 29.1.